The van der Waals surface area contributed by atoms with Crippen LogP contribution in [0.1, 0.15) is 12.0 Å². The third-order valence-corrected chi connectivity index (χ3v) is 2.69. The lowest BCUT2D eigenvalue weighted by Gasteiger charge is -2.26. The fourth-order valence-corrected chi connectivity index (χ4v) is 1.61. The molecule has 70 valence electrons. The summed E-state index contributed by atoms with van der Waals surface area (Å²) in [5, 5.41) is 3.29. The predicted octanol–water partition coefficient (Wildman–Crippen LogP) is 1.42. The van der Waals surface area contributed by atoms with E-state index in [0.717, 1.165) is 11.6 Å². The molecule has 1 heterocycles. The van der Waals surface area contributed by atoms with E-state index < -0.39 is 0 Å². The van der Waals surface area contributed by atoms with E-state index in [1.54, 1.807) is 0 Å². The van der Waals surface area contributed by atoms with Crippen LogP contribution in [0.15, 0.2) is 24.3 Å². The minimum Gasteiger partial charge on any atom is -0.399 e. The Hall–Kier alpha value is -1.02. The molecular weight excluding hydrogens is 160 g/mol. The molecule has 0 aliphatic carbocycles. The molecule has 1 aliphatic rings. The van der Waals surface area contributed by atoms with Crippen LogP contribution in [-0.4, -0.2) is 13.1 Å². The van der Waals surface area contributed by atoms with Gasteiger partial charge in [0.15, 0.2) is 0 Å². The molecule has 0 atom stereocenters. The summed E-state index contributed by atoms with van der Waals surface area (Å²) in [6.45, 7) is 2.41. The van der Waals surface area contributed by atoms with Gasteiger partial charge in [0.2, 0.25) is 0 Å². The Morgan fingerprint density at radius 1 is 1.23 bits per heavy atom. The van der Waals surface area contributed by atoms with Crippen molar-refractivity contribution in [3.8, 4) is 0 Å². The minimum absolute atomic E-state index is 0.856. The highest BCUT2D eigenvalue weighted by Gasteiger charge is 2.15. The van der Waals surface area contributed by atoms with Crippen LogP contribution >= 0.6 is 0 Å². The Balaban J connectivity index is 1.83. The lowest BCUT2D eigenvalue weighted by atomic mass is 9.95. The highest BCUT2D eigenvalue weighted by molar-refractivity contribution is 5.39. The summed E-state index contributed by atoms with van der Waals surface area (Å²) in [7, 11) is 0. The van der Waals surface area contributed by atoms with Gasteiger partial charge in [0.1, 0.15) is 0 Å². The van der Waals surface area contributed by atoms with Gasteiger partial charge in [0.25, 0.3) is 0 Å². The van der Waals surface area contributed by atoms with E-state index in [9.17, 15) is 0 Å². The number of nitrogens with one attached hydrogen (secondary N) is 1. The van der Waals surface area contributed by atoms with E-state index in [2.05, 4.69) is 17.4 Å². The van der Waals surface area contributed by atoms with Crippen LogP contribution in [0.25, 0.3) is 0 Å². The van der Waals surface area contributed by atoms with Crippen molar-refractivity contribution in [2.45, 2.75) is 12.8 Å². The van der Waals surface area contributed by atoms with Gasteiger partial charge in [0, 0.05) is 5.69 Å². The maximum Gasteiger partial charge on any atom is 0.0314 e. The van der Waals surface area contributed by atoms with Crippen molar-refractivity contribution in [3.05, 3.63) is 29.8 Å². The van der Waals surface area contributed by atoms with Gasteiger partial charge in [-0.2, -0.15) is 0 Å². The van der Waals surface area contributed by atoms with Crippen LogP contribution in [0.2, 0.25) is 0 Å². The normalized spacial score (nSPS) is 16.9. The summed E-state index contributed by atoms with van der Waals surface area (Å²) in [5.74, 6) is 0.901. The maximum absolute atomic E-state index is 5.61. The molecule has 13 heavy (non-hydrogen) atoms. The number of hydrogen-bond donors (Lipinski definition) is 2. The molecule has 1 fully saturated rings. The van der Waals surface area contributed by atoms with E-state index in [1.807, 2.05) is 12.1 Å². The maximum atomic E-state index is 5.61. The standard InChI is InChI=1S/C11H16N2/c12-11-5-3-9(4-6-11)1-2-10-7-13-8-10/h3-6,10,13H,1-2,7-8,12H2. The van der Waals surface area contributed by atoms with Gasteiger partial charge >= 0.3 is 0 Å². The summed E-state index contributed by atoms with van der Waals surface area (Å²) < 4.78 is 0. The fourth-order valence-electron chi connectivity index (χ4n) is 1.61. The van der Waals surface area contributed by atoms with Crippen LogP contribution < -0.4 is 11.1 Å². The molecule has 0 radical (unpaired) electrons. The molecule has 0 amide bonds. The van der Waals surface area contributed by atoms with Crippen LogP contribution in [0.3, 0.4) is 0 Å². The highest BCUT2D eigenvalue weighted by atomic mass is 14.9. The van der Waals surface area contributed by atoms with Crippen molar-refractivity contribution >= 4 is 5.69 Å². The van der Waals surface area contributed by atoms with Gasteiger partial charge in [-0.05, 0) is 49.5 Å². The fraction of sp³-hybridized carbons (Fsp3) is 0.455. The first-order valence-electron chi connectivity index (χ1n) is 4.90. The first kappa shape index (κ1) is 8.57. The number of anilines is 1. The van der Waals surface area contributed by atoms with E-state index in [1.165, 1.54) is 31.5 Å². The first-order chi connectivity index (χ1) is 6.34. The van der Waals surface area contributed by atoms with Gasteiger partial charge in [-0.25, -0.2) is 0 Å². The van der Waals surface area contributed by atoms with Gasteiger partial charge in [-0.3, -0.25) is 0 Å². The van der Waals surface area contributed by atoms with E-state index in [-0.39, 0.29) is 0 Å². The summed E-state index contributed by atoms with van der Waals surface area (Å²) in [6, 6.07) is 8.21. The molecule has 1 aromatic carbocycles. The lowest BCUT2D eigenvalue weighted by molar-refractivity contribution is 0.328. The smallest absolute Gasteiger partial charge is 0.0314 e. The summed E-state index contributed by atoms with van der Waals surface area (Å²) in [6.07, 6.45) is 2.49. The molecule has 1 aliphatic heterocycles. The number of rotatable bonds is 3. The van der Waals surface area contributed by atoms with Crippen molar-refractivity contribution in [2.24, 2.45) is 5.92 Å². The molecule has 1 aromatic rings. The molecule has 2 heteroatoms. The Morgan fingerprint density at radius 2 is 1.92 bits per heavy atom. The summed E-state index contributed by atoms with van der Waals surface area (Å²) in [5.41, 5.74) is 7.87. The van der Waals surface area contributed by atoms with Crippen LogP contribution in [-0.2, 0) is 6.42 Å². The van der Waals surface area contributed by atoms with Gasteiger partial charge in [0.05, 0.1) is 0 Å². The van der Waals surface area contributed by atoms with Gasteiger partial charge < -0.3 is 11.1 Å². The van der Waals surface area contributed by atoms with Crippen LogP contribution in [0.5, 0.6) is 0 Å². The molecule has 3 N–H and O–H groups in total. The number of nitrogen functional groups attached to an aromatic ring is 1. The average molecular weight is 176 g/mol. The molecule has 0 bridgehead atoms. The zero-order valence-electron chi connectivity index (χ0n) is 7.79. The van der Waals surface area contributed by atoms with Crippen molar-refractivity contribution in [1.82, 2.24) is 5.32 Å². The van der Waals surface area contributed by atoms with E-state index in [4.69, 9.17) is 5.73 Å². The summed E-state index contributed by atoms with van der Waals surface area (Å²) in [4.78, 5) is 0. The number of hydrogen-bond acceptors (Lipinski definition) is 2. The molecular formula is C11H16N2. The molecule has 2 nitrogen and oxygen atoms in total. The quantitative estimate of drug-likeness (QED) is 0.684. The molecule has 1 saturated heterocycles. The molecule has 2 rings (SSSR count). The van der Waals surface area contributed by atoms with Gasteiger partial charge in [-0.15, -0.1) is 0 Å². The van der Waals surface area contributed by atoms with E-state index >= 15 is 0 Å². The highest BCUT2D eigenvalue weighted by Crippen LogP contribution is 2.14. The SMILES string of the molecule is Nc1ccc(CCC2CNC2)cc1. The Kier molecular flexibility index (Phi) is 2.50. The Bertz CT molecular complexity index is 262. The third kappa shape index (κ3) is 2.22. The average Bonchev–Trinajstić information content (AvgIpc) is 2.05. The van der Waals surface area contributed by atoms with Gasteiger partial charge in [-0.1, -0.05) is 12.1 Å². The Morgan fingerprint density at radius 3 is 2.46 bits per heavy atom. The number of nitrogens with two attached hydrogens (primary N) is 1. The lowest BCUT2D eigenvalue weighted by Crippen LogP contribution is -2.42. The third-order valence-electron chi connectivity index (χ3n) is 2.69. The van der Waals surface area contributed by atoms with Crippen molar-refractivity contribution in [2.75, 3.05) is 18.8 Å². The predicted molar refractivity (Wildman–Crippen MR) is 55.5 cm³/mol. The monoisotopic (exact) mass is 176 g/mol. The van der Waals surface area contributed by atoms with Crippen LogP contribution in [0, 0.1) is 5.92 Å². The zero-order valence-corrected chi connectivity index (χ0v) is 7.79. The largest absolute Gasteiger partial charge is 0.399 e. The van der Waals surface area contributed by atoms with E-state index in [0.29, 0.717) is 0 Å². The van der Waals surface area contributed by atoms with Crippen LogP contribution in [0.4, 0.5) is 5.69 Å². The second-order valence-electron chi connectivity index (χ2n) is 3.80. The minimum atomic E-state index is 0.856. The zero-order chi connectivity index (χ0) is 9.10. The first-order valence-corrected chi connectivity index (χ1v) is 4.90. The second kappa shape index (κ2) is 3.79. The second-order valence-corrected chi connectivity index (χ2v) is 3.80. The number of benzene rings is 1. The van der Waals surface area contributed by atoms with Crippen molar-refractivity contribution in [3.63, 3.8) is 0 Å². The topological polar surface area (TPSA) is 38.0 Å². The van der Waals surface area contributed by atoms with Crippen molar-refractivity contribution in [1.29, 1.82) is 0 Å². The number of aryl methyl sites for hydroxylation is 1. The Labute approximate surface area is 79.1 Å². The molecule has 0 unspecified atom stereocenters. The molecule has 0 spiro atoms. The molecule has 0 aromatic heterocycles. The summed E-state index contributed by atoms with van der Waals surface area (Å²) >= 11 is 0. The molecule has 0 saturated carbocycles. The van der Waals surface area contributed by atoms with Crippen molar-refractivity contribution < 1.29 is 0 Å².